The van der Waals surface area contributed by atoms with Crippen LogP contribution in [0.3, 0.4) is 0 Å². The van der Waals surface area contributed by atoms with Crippen molar-refractivity contribution >= 4 is 26.5 Å². The number of anilines is 1. The SMILES string of the molecule is CC(C)c1cccc2c1CCN2S(=O)(=O)c1cccc2c(=O)[nH]ccc12. The summed E-state index contributed by atoms with van der Waals surface area (Å²) in [6.45, 7) is 4.65. The van der Waals surface area contributed by atoms with Gasteiger partial charge >= 0.3 is 0 Å². The molecule has 26 heavy (non-hydrogen) atoms. The van der Waals surface area contributed by atoms with E-state index in [-0.39, 0.29) is 10.5 Å². The number of H-pyrrole nitrogens is 1. The van der Waals surface area contributed by atoms with E-state index in [4.69, 9.17) is 0 Å². The van der Waals surface area contributed by atoms with Crippen LogP contribution in [0.25, 0.3) is 10.8 Å². The van der Waals surface area contributed by atoms with Gasteiger partial charge in [-0.05, 0) is 47.7 Å². The smallest absolute Gasteiger partial charge is 0.264 e. The first-order valence-electron chi connectivity index (χ1n) is 8.66. The fourth-order valence-electron chi connectivity index (χ4n) is 3.76. The van der Waals surface area contributed by atoms with E-state index in [1.807, 2.05) is 12.1 Å². The molecule has 3 aromatic rings. The zero-order chi connectivity index (χ0) is 18.5. The van der Waals surface area contributed by atoms with Gasteiger partial charge in [0.2, 0.25) is 0 Å². The van der Waals surface area contributed by atoms with Gasteiger partial charge in [-0.1, -0.05) is 32.0 Å². The number of rotatable bonds is 3. The first kappa shape index (κ1) is 16.8. The Hall–Kier alpha value is -2.60. The number of benzene rings is 2. The third kappa shape index (κ3) is 2.44. The zero-order valence-electron chi connectivity index (χ0n) is 14.7. The number of hydrogen-bond acceptors (Lipinski definition) is 3. The maximum Gasteiger partial charge on any atom is 0.264 e. The Kier molecular flexibility index (Phi) is 3.88. The van der Waals surface area contributed by atoms with Crippen molar-refractivity contribution in [3.8, 4) is 0 Å². The molecule has 2 heterocycles. The summed E-state index contributed by atoms with van der Waals surface area (Å²) in [6.07, 6.45) is 2.19. The van der Waals surface area contributed by atoms with Crippen molar-refractivity contribution in [3.63, 3.8) is 0 Å². The van der Waals surface area contributed by atoms with Crippen LogP contribution in [0.15, 0.2) is 58.4 Å². The van der Waals surface area contributed by atoms with Crippen LogP contribution in [-0.4, -0.2) is 19.9 Å². The first-order valence-corrected chi connectivity index (χ1v) is 10.1. The standard InChI is InChI=1S/C20H20N2O3S/c1-13(2)14-5-3-7-18-15(14)10-12-22(18)26(24,25)19-8-4-6-17-16(19)9-11-21-20(17)23/h3-9,11,13H,10,12H2,1-2H3,(H,21,23). The van der Waals surface area contributed by atoms with E-state index >= 15 is 0 Å². The van der Waals surface area contributed by atoms with Crippen molar-refractivity contribution in [3.05, 3.63) is 70.1 Å². The lowest BCUT2D eigenvalue weighted by atomic mass is 9.96. The minimum atomic E-state index is -3.76. The summed E-state index contributed by atoms with van der Waals surface area (Å²) in [7, 11) is -3.76. The van der Waals surface area contributed by atoms with Crippen LogP contribution >= 0.6 is 0 Å². The van der Waals surface area contributed by atoms with Crippen molar-refractivity contribution in [2.24, 2.45) is 0 Å². The number of sulfonamides is 1. The molecule has 4 rings (SSSR count). The summed E-state index contributed by atoms with van der Waals surface area (Å²) in [4.78, 5) is 14.8. The number of pyridine rings is 1. The Morgan fingerprint density at radius 2 is 1.81 bits per heavy atom. The molecule has 6 heteroatoms. The molecular formula is C20H20N2O3S. The Bertz CT molecular complexity index is 1160. The van der Waals surface area contributed by atoms with Crippen LogP contribution in [-0.2, 0) is 16.4 Å². The predicted molar refractivity (Wildman–Crippen MR) is 103 cm³/mol. The van der Waals surface area contributed by atoms with Crippen LogP contribution in [0.5, 0.6) is 0 Å². The Balaban J connectivity index is 1.91. The normalized spacial score (nSPS) is 14.2. The third-order valence-electron chi connectivity index (χ3n) is 4.99. The lowest BCUT2D eigenvalue weighted by Gasteiger charge is -2.21. The molecule has 0 amide bonds. The maximum absolute atomic E-state index is 13.4. The molecule has 134 valence electrons. The lowest BCUT2D eigenvalue weighted by Crippen LogP contribution is -2.29. The van der Waals surface area contributed by atoms with Gasteiger partial charge in [-0.15, -0.1) is 0 Å². The van der Waals surface area contributed by atoms with Gasteiger partial charge in [-0.2, -0.15) is 0 Å². The monoisotopic (exact) mass is 368 g/mol. The fraction of sp³-hybridized carbons (Fsp3) is 0.250. The number of fused-ring (bicyclic) bond motifs is 2. The van der Waals surface area contributed by atoms with Gasteiger partial charge in [0.1, 0.15) is 0 Å². The molecule has 0 fully saturated rings. The molecule has 2 aromatic carbocycles. The van der Waals surface area contributed by atoms with Gasteiger partial charge in [0.05, 0.1) is 10.6 Å². The lowest BCUT2D eigenvalue weighted by molar-refractivity contribution is 0.593. The molecule has 1 aromatic heterocycles. The van der Waals surface area contributed by atoms with Crippen LogP contribution in [0.1, 0.15) is 30.9 Å². The van der Waals surface area contributed by atoms with Crippen LogP contribution < -0.4 is 9.86 Å². The van der Waals surface area contributed by atoms with Gasteiger partial charge in [-0.3, -0.25) is 9.10 Å². The minimum absolute atomic E-state index is 0.170. The average molecular weight is 368 g/mol. The summed E-state index contributed by atoms with van der Waals surface area (Å²) < 4.78 is 28.3. The van der Waals surface area contributed by atoms with E-state index in [9.17, 15) is 13.2 Å². The summed E-state index contributed by atoms with van der Waals surface area (Å²) in [5.74, 6) is 0.337. The van der Waals surface area contributed by atoms with Crippen molar-refractivity contribution in [2.75, 3.05) is 10.8 Å². The van der Waals surface area contributed by atoms with E-state index in [1.54, 1.807) is 24.3 Å². The predicted octanol–water partition coefficient (Wildman–Crippen LogP) is 3.40. The summed E-state index contributed by atoms with van der Waals surface area (Å²) in [5.41, 5.74) is 2.75. The van der Waals surface area contributed by atoms with E-state index in [0.29, 0.717) is 29.7 Å². The highest BCUT2D eigenvalue weighted by Crippen LogP contribution is 2.38. The molecule has 0 spiro atoms. The molecule has 0 bridgehead atoms. The molecule has 0 atom stereocenters. The number of hydrogen-bond donors (Lipinski definition) is 1. The van der Waals surface area contributed by atoms with Crippen molar-refractivity contribution in [1.82, 2.24) is 4.98 Å². The average Bonchev–Trinajstić information content (AvgIpc) is 3.06. The number of nitrogens with one attached hydrogen (secondary N) is 1. The van der Waals surface area contributed by atoms with Crippen LogP contribution in [0.4, 0.5) is 5.69 Å². The summed E-state index contributed by atoms with van der Waals surface area (Å²) in [6, 6.07) is 12.3. The second-order valence-corrected chi connectivity index (χ2v) is 8.68. The molecule has 0 aliphatic carbocycles. The maximum atomic E-state index is 13.4. The zero-order valence-corrected chi connectivity index (χ0v) is 15.5. The topological polar surface area (TPSA) is 70.2 Å². The molecule has 0 saturated heterocycles. The van der Waals surface area contributed by atoms with Crippen LogP contribution in [0, 0.1) is 0 Å². The second-order valence-electron chi connectivity index (χ2n) is 6.85. The van der Waals surface area contributed by atoms with Crippen LogP contribution in [0.2, 0.25) is 0 Å². The molecule has 5 nitrogen and oxygen atoms in total. The fourth-order valence-corrected chi connectivity index (χ4v) is 5.46. The number of aromatic amines is 1. The van der Waals surface area contributed by atoms with E-state index in [1.165, 1.54) is 16.1 Å². The third-order valence-corrected chi connectivity index (χ3v) is 6.86. The quantitative estimate of drug-likeness (QED) is 0.770. The van der Waals surface area contributed by atoms with Crippen molar-refractivity contribution in [2.45, 2.75) is 31.1 Å². The highest BCUT2D eigenvalue weighted by atomic mass is 32.2. The highest BCUT2D eigenvalue weighted by molar-refractivity contribution is 7.93. The van der Waals surface area contributed by atoms with Crippen molar-refractivity contribution < 1.29 is 8.42 Å². The molecule has 0 radical (unpaired) electrons. The molecule has 0 unspecified atom stereocenters. The first-order chi connectivity index (χ1) is 12.4. The molecule has 0 saturated carbocycles. The molecule has 1 N–H and O–H groups in total. The van der Waals surface area contributed by atoms with E-state index in [0.717, 1.165) is 11.3 Å². The Morgan fingerprint density at radius 1 is 1.04 bits per heavy atom. The number of nitrogens with zero attached hydrogens (tertiary/aromatic N) is 1. The van der Waals surface area contributed by atoms with Gasteiger partial charge < -0.3 is 4.98 Å². The minimum Gasteiger partial charge on any atom is -0.329 e. The van der Waals surface area contributed by atoms with E-state index < -0.39 is 10.0 Å². The van der Waals surface area contributed by atoms with Gasteiger partial charge in [0, 0.05) is 23.5 Å². The van der Waals surface area contributed by atoms with Gasteiger partial charge in [0.25, 0.3) is 15.6 Å². The Morgan fingerprint density at radius 3 is 2.58 bits per heavy atom. The Labute approximate surface area is 152 Å². The summed E-state index contributed by atoms with van der Waals surface area (Å²) in [5, 5.41) is 0.827. The number of aromatic nitrogens is 1. The summed E-state index contributed by atoms with van der Waals surface area (Å²) >= 11 is 0. The molecule has 1 aliphatic rings. The van der Waals surface area contributed by atoms with Crippen molar-refractivity contribution in [1.29, 1.82) is 0 Å². The molecule has 1 aliphatic heterocycles. The van der Waals surface area contributed by atoms with Gasteiger partial charge in [0.15, 0.2) is 0 Å². The van der Waals surface area contributed by atoms with Gasteiger partial charge in [-0.25, -0.2) is 8.42 Å². The highest BCUT2D eigenvalue weighted by Gasteiger charge is 2.33. The second kappa shape index (κ2) is 5.99. The molecular weight excluding hydrogens is 348 g/mol. The van der Waals surface area contributed by atoms with E-state index in [2.05, 4.69) is 24.9 Å². The largest absolute Gasteiger partial charge is 0.329 e.